The molecule has 1 aromatic carbocycles. The number of rotatable bonds is 7. The minimum absolute atomic E-state index is 0.0226. The minimum Gasteiger partial charge on any atom is -0.327 e. The predicted octanol–water partition coefficient (Wildman–Crippen LogP) is 4.64. The Morgan fingerprint density at radius 3 is 2.38 bits per heavy atom. The smallest absolute Gasteiger partial charge is 0.239 e. The van der Waals surface area contributed by atoms with Gasteiger partial charge in [-0.1, -0.05) is 43.0 Å². The summed E-state index contributed by atoms with van der Waals surface area (Å²) in [6, 6.07) is 9.55. The number of amides is 2. The van der Waals surface area contributed by atoms with Crippen molar-refractivity contribution in [1.29, 1.82) is 5.26 Å². The number of halogens is 1. The lowest BCUT2D eigenvalue weighted by Crippen LogP contribution is -2.36. The number of anilines is 2. The quantitative estimate of drug-likeness (QED) is 0.636. The van der Waals surface area contributed by atoms with Gasteiger partial charge in [-0.05, 0) is 51.4 Å². The molecule has 2 N–H and O–H groups in total. The molecule has 2 aromatic rings. The zero-order valence-corrected chi connectivity index (χ0v) is 19.6. The monoisotopic (exact) mass is 455 g/mol. The molecule has 1 aliphatic rings. The number of aromatic nitrogens is 1. The molecule has 0 saturated heterocycles. The molecule has 0 spiro atoms. The van der Waals surface area contributed by atoms with E-state index in [2.05, 4.69) is 21.3 Å². The fourth-order valence-electron chi connectivity index (χ4n) is 4.35. The van der Waals surface area contributed by atoms with E-state index >= 15 is 0 Å². The van der Waals surface area contributed by atoms with Crippen LogP contribution in [0.4, 0.5) is 11.5 Å². The molecule has 1 fully saturated rings. The normalized spacial score (nSPS) is 14.2. The highest BCUT2D eigenvalue weighted by Crippen LogP contribution is 2.36. The average molecular weight is 456 g/mol. The molecular formula is C24H30ClN5O2. The number of benzene rings is 1. The van der Waals surface area contributed by atoms with E-state index in [0.717, 1.165) is 36.9 Å². The van der Waals surface area contributed by atoms with Gasteiger partial charge in [-0.3, -0.25) is 14.5 Å². The summed E-state index contributed by atoms with van der Waals surface area (Å²) < 4.78 is 2.13. The van der Waals surface area contributed by atoms with E-state index in [4.69, 9.17) is 11.6 Å². The summed E-state index contributed by atoms with van der Waals surface area (Å²) in [6.07, 6.45) is 5.62. The summed E-state index contributed by atoms with van der Waals surface area (Å²) in [5.41, 5.74) is 2.98. The molecule has 1 aliphatic carbocycles. The van der Waals surface area contributed by atoms with Crippen LogP contribution in [0.2, 0.25) is 5.02 Å². The Morgan fingerprint density at radius 1 is 1.12 bits per heavy atom. The predicted molar refractivity (Wildman–Crippen MR) is 127 cm³/mol. The molecule has 0 atom stereocenters. The summed E-state index contributed by atoms with van der Waals surface area (Å²) in [7, 11) is 1.70. The van der Waals surface area contributed by atoms with E-state index in [9.17, 15) is 14.9 Å². The summed E-state index contributed by atoms with van der Waals surface area (Å²) in [4.78, 5) is 26.8. The van der Waals surface area contributed by atoms with Gasteiger partial charge in [0.05, 0.1) is 29.4 Å². The first-order chi connectivity index (χ1) is 15.3. The first kappa shape index (κ1) is 23.8. The number of para-hydroxylation sites is 1. The van der Waals surface area contributed by atoms with E-state index in [-0.39, 0.29) is 24.9 Å². The maximum atomic E-state index is 12.8. The molecule has 32 heavy (non-hydrogen) atoms. The highest BCUT2D eigenvalue weighted by atomic mass is 35.5. The fraction of sp³-hybridized carbons (Fsp3) is 0.458. The summed E-state index contributed by atoms with van der Waals surface area (Å²) in [6.45, 7) is 3.99. The van der Waals surface area contributed by atoms with Crippen LogP contribution in [0.25, 0.3) is 0 Å². The third kappa shape index (κ3) is 5.50. The molecule has 0 radical (unpaired) electrons. The van der Waals surface area contributed by atoms with Crippen molar-refractivity contribution in [3.05, 3.63) is 46.1 Å². The second kappa shape index (κ2) is 10.7. The Bertz CT molecular complexity index is 1030. The first-order valence-corrected chi connectivity index (χ1v) is 11.3. The topological polar surface area (TPSA) is 90.2 Å². The zero-order chi connectivity index (χ0) is 23.3. The Morgan fingerprint density at radius 2 is 1.75 bits per heavy atom. The molecule has 170 valence electrons. The van der Waals surface area contributed by atoms with Crippen molar-refractivity contribution in [2.24, 2.45) is 0 Å². The van der Waals surface area contributed by atoms with E-state index in [1.54, 1.807) is 36.2 Å². The van der Waals surface area contributed by atoms with E-state index in [1.807, 2.05) is 13.8 Å². The van der Waals surface area contributed by atoms with E-state index in [1.165, 1.54) is 6.42 Å². The molecule has 1 saturated carbocycles. The van der Waals surface area contributed by atoms with Gasteiger partial charge in [-0.25, -0.2) is 0 Å². The van der Waals surface area contributed by atoms with E-state index in [0.29, 0.717) is 28.1 Å². The Hall–Kier alpha value is -2.82. The number of nitrogens with zero attached hydrogens (tertiary/aromatic N) is 3. The maximum Gasteiger partial charge on any atom is 0.239 e. The lowest BCUT2D eigenvalue weighted by Gasteiger charge is -2.27. The molecule has 1 aromatic heterocycles. The van der Waals surface area contributed by atoms with Gasteiger partial charge < -0.3 is 15.2 Å². The number of hydrogen-bond donors (Lipinski definition) is 2. The van der Waals surface area contributed by atoms with Crippen molar-refractivity contribution < 1.29 is 9.59 Å². The highest BCUT2D eigenvalue weighted by molar-refractivity contribution is 6.33. The zero-order valence-electron chi connectivity index (χ0n) is 18.9. The van der Waals surface area contributed by atoms with Crippen molar-refractivity contribution in [3.8, 4) is 6.07 Å². The summed E-state index contributed by atoms with van der Waals surface area (Å²) in [5.74, 6) is 0.0563. The van der Waals surface area contributed by atoms with E-state index < -0.39 is 0 Å². The van der Waals surface area contributed by atoms with Crippen LogP contribution < -0.4 is 10.6 Å². The Kier molecular flexibility index (Phi) is 7.94. The van der Waals surface area contributed by atoms with Crippen LogP contribution in [0.3, 0.4) is 0 Å². The van der Waals surface area contributed by atoms with Crippen LogP contribution in [0.1, 0.15) is 55.0 Å². The molecule has 1 heterocycles. The van der Waals surface area contributed by atoms with Crippen LogP contribution in [-0.2, 0) is 9.59 Å². The summed E-state index contributed by atoms with van der Waals surface area (Å²) >= 11 is 6.08. The van der Waals surface area contributed by atoms with Gasteiger partial charge in [0, 0.05) is 11.7 Å². The molecule has 0 aliphatic heterocycles. The van der Waals surface area contributed by atoms with Gasteiger partial charge in [-0.2, -0.15) is 5.26 Å². The molecule has 0 bridgehead atoms. The van der Waals surface area contributed by atoms with Gasteiger partial charge in [0.15, 0.2) is 0 Å². The van der Waals surface area contributed by atoms with Crippen molar-refractivity contribution in [2.75, 3.05) is 30.8 Å². The van der Waals surface area contributed by atoms with Gasteiger partial charge in [0.1, 0.15) is 11.9 Å². The lowest BCUT2D eigenvalue weighted by atomic mass is 9.95. The number of carbonyl (C=O) groups excluding carboxylic acids is 2. The molecule has 7 nitrogen and oxygen atoms in total. The van der Waals surface area contributed by atoms with Gasteiger partial charge >= 0.3 is 0 Å². The summed E-state index contributed by atoms with van der Waals surface area (Å²) in [5, 5.41) is 15.9. The van der Waals surface area contributed by atoms with Crippen LogP contribution in [0.5, 0.6) is 0 Å². The Labute approximate surface area is 194 Å². The van der Waals surface area contributed by atoms with Gasteiger partial charge in [-0.15, -0.1) is 0 Å². The van der Waals surface area contributed by atoms with Crippen molar-refractivity contribution >= 4 is 34.9 Å². The standard InChI is InChI=1S/C24H30ClN5O2/c1-16-17(2)30(18-9-5-4-6-10-18)24(19(16)13-26)28-23(32)15-29(3)14-22(31)27-21-12-8-7-11-20(21)25/h7-8,11-12,18H,4-6,9-10,14-15H2,1-3H3,(H,27,31)(H,28,32). The largest absolute Gasteiger partial charge is 0.327 e. The number of nitrogens with one attached hydrogen (secondary N) is 2. The fourth-order valence-corrected chi connectivity index (χ4v) is 4.54. The molecule has 0 unspecified atom stereocenters. The first-order valence-electron chi connectivity index (χ1n) is 11.0. The number of hydrogen-bond acceptors (Lipinski definition) is 4. The average Bonchev–Trinajstić information content (AvgIpc) is 2.99. The third-order valence-electron chi connectivity index (χ3n) is 6.04. The molecule has 3 rings (SSSR count). The van der Waals surface area contributed by atoms with Gasteiger partial charge in [0.25, 0.3) is 0 Å². The highest BCUT2D eigenvalue weighted by Gasteiger charge is 2.26. The van der Waals surface area contributed by atoms with Crippen LogP contribution in [-0.4, -0.2) is 41.4 Å². The van der Waals surface area contributed by atoms with Gasteiger partial charge in [0.2, 0.25) is 11.8 Å². The van der Waals surface area contributed by atoms with Crippen LogP contribution >= 0.6 is 11.6 Å². The number of nitriles is 1. The van der Waals surface area contributed by atoms with Crippen molar-refractivity contribution in [2.45, 2.75) is 52.0 Å². The maximum absolute atomic E-state index is 12.8. The number of likely N-dealkylation sites (N-methyl/N-ethyl adjacent to an activating group) is 1. The minimum atomic E-state index is -0.261. The molecule has 8 heteroatoms. The Balaban J connectivity index is 1.66. The second-order valence-corrected chi connectivity index (χ2v) is 8.86. The van der Waals surface area contributed by atoms with Crippen molar-refractivity contribution in [1.82, 2.24) is 9.47 Å². The second-order valence-electron chi connectivity index (χ2n) is 8.46. The SMILES string of the molecule is Cc1c(C#N)c(NC(=O)CN(C)CC(=O)Nc2ccccc2Cl)n(C2CCCCC2)c1C. The third-order valence-corrected chi connectivity index (χ3v) is 6.37. The molecular weight excluding hydrogens is 426 g/mol. The molecule has 2 amide bonds. The lowest BCUT2D eigenvalue weighted by molar-refractivity contribution is -0.119. The number of carbonyl (C=O) groups is 2. The van der Waals surface area contributed by atoms with Crippen LogP contribution in [0.15, 0.2) is 24.3 Å². The van der Waals surface area contributed by atoms with Crippen molar-refractivity contribution in [3.63, 3.8) is 0 Å². The van der Waals surface area contributed by atoms with Crippen LogP contribution in [0, 0.1) is 25.2 Å².